The zero-order chi connectivity index (χ0) is 17.2. The van der Waals surface area contributed by atoms with Gasteiger partial charge in [-0.1, -0.05) is 48.2 Å². The topological polar surface area (TPSA) is 57.1 Å². The molecular formula is C19H18N4OS. The first-order chi connectivity index (χ1) is 12.2. The molecule has 1 amide bonds. The minimum absolute atomic E-state index is 0.0440. The molecule has 6 heteroatoms. The fraction of sp³-hybridized carbons (Fsp3) is 0.211. The summed E-state index contributed by atoms with van der Waals surface area (Å²) in [7, 11) is 0. The lowest BCUT2D eigenvalue weighted by Crippen LogP contribution is -2.31. The van der Waals surface area contributed by atoms with Gasteiger partial charge < -0.3 is 5.32 Å². The highest BCUT2D eigenvalue weighted by molar-refractivity contribution is 8.14. The third-order valence-corrected chi connectivity index (χ3v) is 5.29. The van der Waals surface area contributed by atoms with Gasteiger partial charge in [0.25, 0.3) is 0 Å². The van der Waals surface area contributed by atoms with Gasteiger partial charge in [-0.05, 0) is 25.1 Å². The van der Waals surface area contributed by atoms with Crippen molar-refractivity contribution in [1.82, 2.24) is 5.01 Å². The van der Waals surface area contributed by atoms with Crippen molar-refractivity contribution in [3.05, 3.63) is 60.2 Å². The highest BCUT2D eigenvalue weighted by Crippen LogP contribution is 2.41. The van der Waals surface area contributed by atoms with Crippen molar-refractivity contribution < 1.29 is 4.79 Å². The number of hydrogen-bond donors (Lipinski definition) is 1. The summed E-state index contributed by atoms with van der Waals surface area (Å²) in [5.74, 6) is -0.0440. The average Bonchev–Trinajstić information content (AvgIpc) is 3.13. The molecular weight excluding hydrogens is 332 g/mol. The van der Waals surface area contributed by atoms with E-state index in [1.165, 1.54) is 17.3 Å². The van der Waals surface area contributed by atoms with Gasteiger partial charge >= 0.3 is 0 Å². The number of aliphatic imine (C=N–C) groups is 1. The highest BCUT2D eigenvalue weighted by atomic mass is 32.2. The molecule has 0 saturated heterocycles. The maximum Gasteiger partial charge on any atom is 0.237 e. The zero-order valence-electron chi connectivity index (χ0n) is 13.8. The number of nitrogens with zero attached hydrogens (tertiary/aromatic N) is 3. The third-order valence-electron chi connectivity index (χ3n) is 4.23. The van der Waals surface area contributed by atoms with Crippen LogP contribution in [0.25, 0.3) is 0 Å². The van der Waals surface area contributed by atoms with Crippen LogP contribution in [0.1, 0.15) is 24.9 Å². The van der Waals surface area contributed by atoms with Gasteiger partial charge in [-0.3, -0.25) is 4.79 Å². The molecule has 0 aliphatic carbocycles. The number of carbonyl (C=O) groups is 1. The van der Waals surface area contributed by atoms with Crippen LogP contribution in [0.2, 0.25) is 0 Å². The number of benzene rings is 2. The molecule has 2 aliphatic heterocycles. The molecule has 0 fully saturated rings. The van der Waals surface area contributed by atoms with Gasteiger partial charge in [0, 0.05) is 23.9 Å². The smallest absolute Gasteiger partial charge is 0.237 e. The van der Waals surface area contributed by atoms with E-state index in [0.29, 0.717) is 0 Å². The van der Waals surface area contributed by atoms with Crippen LogP contribution in [-0.4, -0.2) is 27.5 Å². The van der Waals surface area contributed by atoms with Crippen LogP contribution in [0.4, 0.5) is 11.4 Å². The van der Waals surface area contributed by atoms with Crippen LogP contribution in [0.5, 0.6) is 0 Å². The van der Waals surface area contributed by atoms with Crippen LogP contribution in [0.3, 0.4) is 0 Å². The number of fused-ring (bicyclic) bond motifs is 3. The molecule has 0 bridgehead atoms. The normalized spacial score (nSPS) is 19.0. The number of hydrazone groups is 1. The molecule has 0 unspecified atom stereocenters. The van der Waals surface area contributed by atoms with Crippen molar-refractivity contribution in [1.29, 1.82) is 0 Å². The fourth-order valence-electron chi connectivity index (χ4n) is 2.94. The molecule has 0 radical (unpaired) electrons. The summed E-state index contributed by atoms with van der Waals surface area (Å²) < 4.78 is 0. The lowest BCUT2D eigenvalue weighted by molar-refractivity contribution is -0.115. The van der Waals surface area contributed by atoms with Crippen LogP contribution in [0, 0.1) is 0 Å². The van der Waals surface area contributed by atoms with Crippen LogP contribution >= 0.6 is 11.8 Å². The maximum atomic E-state index is 12.5. The van der Waals surface area contributed by atoms with Crippen LogP contribution in [-0.2, 0) is 4.79 Å². The second-order valence-electron chi connectivity index (χ2n) is 5.96. The van der Waals surface area contributed by atoms with Crippen molar-refractivity contribution in [2.24, 2.45) is 10.1 Å². The van der Waals surface area contributed by atoms with Crippen molar-refractivity contribution in [3.8, 4) is 0 Å². The number of carbonyl (C=O) groups excluding carboxylic acids is 1. The Bertz CT molecular complexity index is 850. The van der Waals surface area contributed by atoms with E-state index in [0.717, 1.165) is 23.0 Å². The van der Waals surface area contributed by atoms with E-state index in [1.807, 2.05) is 66.7 Å². The Morgan fingerprint density at radius 1 is 1.20 bits per heavy atom. The maximum absolute atomic E-state index is 12.5. The lowest BCUT2D eigenvalue weighted by Gasteiger charge is -2.30. The van der Waals surface area contributed by atoms with E-state index in [2.05, 4.69) is 16.5 Å². The second-order valence-corrected chi connectivity index (χ2v) is 7.27. The molecule has 0 aromatic heterocycles. The van der Waals surface area contributed by atoms with Crippen molar-refractivity contribution in [2.45, 2.75) is 24.6 Å². The number of amidine groups is 1. The molecule has 0 saturated carbocycles. The number of nitrogens with one attached hydrogen (secondary N) is 1. The van der Waals surface area contributed by atoms with Gasteiger partial charge in [0.15, 0.2) is 5.17 Å². The van der Waals surface area contributed by atoms with E-state index in [4.69, 9.17) is 4.99 Å². The van der Waals surface area contributed by atoms with Crippen LogP contribution in [0.15, 0.2) is 64.7 Å². The second kappa shape index (κ2) is 6.72. The molecule has 2 atom stereocenters. The van der Waals surface area contributed by atoms with Gasteiger partial charge in [0.2, 0.25) is 5.91 Å². The lowest BCUT2D eigenvalue weighted by atomic mass is 10.0. The molecule has 5 nitrogen and oxygen atoms in total. The summed E-state index contributed by atoms with van der Waals surface area (Å²) in [5.41, 5.74) is 2.95. The van der Waals surface area contributed by atoms with Crippen molar-refractivity contribution in [2.75, 3.05) is 5.32 Å². The monoisotopic (exact) mass is 350 g/mol. The summed E-state index contributed by atoms with van der Waals surface area (Å²) in [6, 6.07) is 17.8. The molecule has 4 rings (SSSR count). The summed E-state index contributed by atoms with van der Waals surface area (Å²) in [4.78, 5) is 17.2. The first-order valence-electron chi connectivity index (χ1n) is 8.24. The number of para-hydroxylation sites is 2. The molecule has 126 valence electrons. The standard InChI is InChI=1S/C19H18N4OS/c1-13(18(24)21-14-7-3-2-4-8-14)25-19-22-16-10-6-5-9-15(16)17-11-12-20-23(17)19/h2-10,12-13,17H,11H2,1H3,(H,21,24)/t13-,17-/m0/s1. The highest BCUT2D eigenvalue weighted by Gasteiger charge is 2.34. The van der Waals surface area contributed by atoms with Crippen molar-refractivity contribution in [3.63, 3.8) is 0 Å². The zero-order valence-corrected chi connectivity index (χ0v) is 14.6. The Morgan fingerprint density at radius 3 is 2.80 bits per heavy atom. The number of thioether (sulfide) groups is 1. The Hall–Kier alpha value is -2.60. The summed E-state index contributed by atoms with van der Waals surface area (Å²) >= 11 is 1.44. The average molecular weight is 350 g/mol. The quantitative estimate of drug-likeness (QED) is 0.903. The predicted molar refractivity (Wildman–Crippen MR) is 103 cm³/mol. The van der Waals surface area contributed by atoms with E-state index in [-0.39, 0.29) is 17.2 Å². The number of rotatable bonds is 3. The minimum Gasteiger partial charge on any atom is -0.325 e. The Balaban J connectivity index is 1.52. The SMILES string of the molecule is C[C@H](SC1=Nc2ccccc2[C@@H]2CC=NN12)C(=O)Nc1ccccc1. The van der Waals surface area contributed by atoms with E-state index in [9.17, 15) is 4.79 Å². The van der Waals surface area contributed by atoms with Gasteiger partial charge in [-0.15, -0.1) is 0 Å². The third kappa shape index (κ3) is 3.17. The molecule has 2 aliphatic rings. The molecule has 2 aromatic carbocycles. The summed E-state index contributed by atoms with van der Waals surface area (Å²) in [6.07, 6.45) is 2.78. The predicted octanol–water partition coefficient (Wildman–Crippen LogP) is 4.18. The summed E-state index contributed by atoms with van der Waals surface area (Å²) in [5, 5.41) is 9.82. The molecule has 1 N–H and O–H groups in total. The largest absolute Gasteiger partial charge is 0.325 e. The Labute approximate surface area is 150 Å². The van der Waals surface area contributed by atoms with E-state index < -0.39 is 0 Å². The molecule has 2 heterocycles. The molecule has 25 heavy (non-hydrogen) atoms. The van der Waals surface area contributed by atoms with Gasteiger partial charge in [0.05, 0.1) is 17.0 Å². The number of anilines is 1. The van der Waals surface area contributed by atoms with E-state index >= 15 is 0 Å². The summed E-state index contributed by atoms with van der Waals surface area (Å²) in [6.45, 7) is 1.89. The van der Waals surface area contributed by atoms with E-state index in [1.54, 1.807) is 0 Å². The first-order valence-corrected chi connectivity index (χ1v) is 9.12. The van der Waals surface area contributed by atoms with Crippen LogP contribution < -0.4 is 5.32 Å². The first kappa shape index (κ1) is 15.9. The molecule has 2 aromatic rings. The van der Waals surface area contributed by atoms with Gasteiger partial charge in [-0.25, -0.2) is 10.0 Å². The van der Waals surface area contributed by atoms with Gasteiger partial charge in [0.1, 0.15) is 0 Å². The van der Waals surface area contributed by atoms with Gasteiger partial charge in [-0.2, -0.15) is 5.10 Å². The molecule has 0 spiro atoms. The number of hydrogen-bond acceptors (Lipinski definition) is 5. The Morgan fingerprint density at radius 2 is 1.96 bits per heavy atom. The Kier molecular flexibility index (Phi) is 4.28. The van der Waals surface area contributed by atoms with Crippen molar-refractivity contribution >= 4 is 40.4 Å². The fourth-order valence-corrected chi connectivity index (χ4v) is 3.86. The minimum atomic E-state index is -0.277. The number of amides is 1.